The van der Waals surface area contributed by atoms with E-state index in [0.29, 0.717) is 53.0 Å². The summed E-state index contributed by atoms with van der Waals surface area (Å²) in [6.07, 6.45) is 0.337. The highest BCUT2D eigenvalue weighted by molar-refractivity contribution is 14.1. The van der Waals surface area contributed by atoms with Crippen molar-refractivity contribution >= 4 is 40.8 Å². The predicted octanol–water partition coefficient (Wildman–Crippen LogP) is 3.11. The molecule has 2 atom stereocenters. The Kier molecular flexibility index (Phi) is 12.1. The van der Waals surface area contributed by atoms with E-state index < -0.39 is 24.3 Å². The van der Waals surface area contributed by atoms with E-state index in [9.17, 15) is 14.7 Å². The molecule has 0 fully saturated rings. The molecule has 14 heteroatoms. The van der Waals surface area contributed by atoms with Crippen molar-refractivity contribution in [3.05, 3.63) is 56.3 Å². The molecule has 1 aliphatic heterocycles. The molecule has 0 aliphatic carbocycles. The van der Waals surface area contributed by atoms with Gasteiger partial charge in [0.1, 0.15) is 12.7 Å². The van der Waals surface area contributed by atoms with E-state index in [1.54, 1.807) is 44.2 Å². The molecule has 0 aromatic heterocycles. The molecule has 2 aromatic rings. The fourth-order valence-corrected chi connectivity index (χ4v) is 4.77. The zero-order valence-electron chi connectivity index (χ0n) is 23.5. The van der Waals surface area contributed by atoms with Gasteiger partial charge in [0.05, 0.1) is 41.7 Å². The van der Waals surface area contributed by atoms with Crippen LogP contribution in [0.25, 0.3) is 0 Å². The number of hydrogen-bond acceptors (Lipinski definition) is 11. The number of nitrogens with one attached hydrogen (secondary N) is 3. The number of esters is 1. The normalized spacial score (nSPS) is 15.3. The molecule has 0 saturated heterocycles. The number of benzene rings is 2. The minimum Gasteiger partial charge on any atom is -0.490 e. The molecule has 4 N–H and O–H groups in total. The van der Waals surface area contributed by atoms with Crippen molar-refractivity contribution < 1.29 is 38.4 Å². The summed E-state index contributed by atoms with van der Waals surface area (Å²) >= 11 is 2.08. The summed E-state index contributed by atoms with van der Waals surface area (Å²) in [5, 5.41) is 28.6. The van der Waals surface area contributed by atoms with Crippen LogP contribution in [0.1, 0.15) is 37.9 Å². The zero-order valence-corrected chi connectivity index (χ0v) is 25.7. The van der Waals surface area contributed by atoms with Crippen molar-refractivity contribution in [2.45, 2.75) is 33.0 Å². The molecule has 1 heterocycles. The number of carbonyl (C=O) groups excluding carboxylic acids is 2. The third-order valence-corrected chi connectivity index (χ3v) is 6.52. The van der Waals surface area contributed by atoms with Crippen molar-refractivity contribution in [1.82, 2.24) is 16.1 Å². The van der Waals surface area contributed by atoms with Gasteiger partial charge in [-0.2, -0.15) is 10.4 Å². The lowest BCUT2D eigenvalue weighted by molar-refractivity contribution is -0.136. The summed E-state index contributed by atoms with van der Waals surface area (Å²) in [6, 6.07) is 9.20. The number of carbonyl (C=O) groups is 2. The highest BCUT2D eigenvalue weighted by Gasteiger charge is 2.32. The zero-order chi connectivity index (χ0) is 30.6. The number of nitriles is 1. The number of methoxy groups -OCH3 is 1. The third kappa shape index (κ3) is 8.40. The topological polar surface area (TPSA) is 173 Å². The van der Waals surface area contributed by atoms with Gasteiger partial charge in [0, 0.05) is 5.70 Å². The molecule has 0 saturated carbocycles. The van der Waals surface area contributed by atoms with Crippen molar-refractivity contribution in [3.63, 3.8) is 0 Å². The Morgan fingerprint density at radius 2 is 1.90 bits per heavy atom. The van der Waals surface area contributed by atoms with Gasteiger partial charge in [-0.15, -0.1) is 0 Å². The van der Waals surface area contributed by atoms with Crippen LogP contribution in [-0.4, -0.2) is 63.1 Å². The van der Waals surface area contributed by atoms with Crippen LogP contribution in [0.15, 0.2) is 46.7 Å². The number of urea groups is 1. The van der Waals surface area contributed by atoms with E-state index in [4.69, 9.17) is 28.9 Å². The van der Waals surface area contributed by atoms with Crippen LogP contribution in [0.2, 0.25) is 0 Å². The van der Waals surface area contributed by atoms with Gasteiger partial charge in [-0.25, -0.2) is 9.59 Å². The molecule has 3 rings (SSSR count). The second kappa shape index (κ2) is 15.7. The van der Waals surface area contributed by atoms with Crippen LogP contribution in [-0.2, 0) is 9.53 Å². The molecule has 42 heavy (non-hydrogen) atoms. The maximum atomic E-state index is 12.4. The smallest absolute Gasteiger partial charge is 0.337 e. The van der Waals surface area contributed by atoms with Gasteiger partial charge in [0.15, 0.2) is 35.8 Å². The van der Waals surface area contributed by atoms with Crippen molar-refractivity contribution in [1.29, 1.82) is 5.26 Å². The number of aliphatic hydroxyl groups is 1. The molecular formula is C28H32IN5O8. The molecule has 2 amide bonds. The first kappa shape index (κ1) is 32.3. The average Bonchev–Trinajstić information content (AvgIpc) is 2.95. The van der Waals surface area contributed by atoms with Gasteiger partial charge in [-0.05, 0) is 78.8 Å². The van der Waals surface area contributed by atoms with E-state index in [2.05, 4.69) is 43.8 Å². The van der Waals surface area contributed by atoms with Gasteiger partial charge in [0.2, 0.25) is 0 Å². The van der Waals surface area contributed by atoms with E-state index in [1.165, 1.54) is 13.3 Å². The number of ether oxygens (including phenoxy) is 5. The van der Waals surface area contributed by atoms with Gasteiger partial charge in [-0.3, -0.25) is 5.43 Å². The summed E-state index contributed by atoms with van der Waals surface area (Å²) in [6.45, 7) is 5.72. The molecule has 1 aliphatic rings. The average molecular weight is 693 g/mol. The second-order valence-electron chi connectivity index (χ2n) is 8.62. The second-order valence-corrected chi connectivity index (χ2v) is 9.79. The number of hydrazone groups is 1. The third-order valence-electron chi connectivity index (χ3n) is 5.72. The fraction of sp³-hybridized carbons (Fsp3) is 0.357. The first-order valence-electron chi connectivity index (χ1n) is 12.9. The molecular weight excluding hydrogens is 661 g/mol. The Hall–Kier alpha value is -4.23. The number of hydrogen-bond donors (Lipinski definition) is 4. The Morgan fingerprint density at radius 1 is 1.17 bits per heavy atom. The fourth-order valence-electron chi connectivity index (χ4n) is 3.99. The van der Waals surface area contributed by atoms with Crippen molar-refractivity contribution in [2.24, 2.45) is 5.10 Å². The number of nitrogens with zero attached hydrogens (tertiary/aromatic N) is 2. The highest BCUT2D eigenvalue weighted by atomic mass is 127. The van der Waals surface area contributed by atoms with E-state index >= 15 is 0 Å². The number of amides is 2. The van der Waals surface area contributed by atoms with Gasteiger partial charge < -0.3 is 39.4 Å². The Balaban J connectivity index is 1.69. The van der Waals surface area contributed by atoms with Gasteiger partial charge >= 0.3 is 12.0 Å². The van der Waals surface area contributed by atoms with Crippen LogP contribution >= 0.6 is 22.6 Å². The number of rotatable bonds is 14. The molecule has 0 unspecified atom stereocenters. The van der Waals surface area contributed by atoms with Crippen LogP contribution in [0.5, 0.6) is 23.0 Å². The summed E-state index contributed by atoms with van der Waals surface area (Å²) in [7, 11) is 1.27. The molecule has 13 nitrogen and oxygen atoms in total. The summed E-state index contributed by atoms with van der Waals surface area (Å²) in [5.41, 5.74) is 4.51. The predicted molar refractivity (Wildman–Crippen MR) is 160 cm³/mol. The quantitative estimate of drug-likeness (QED) is 0.0758. The monoisotopic (exact) mass is 693 g/mol. The largest absolute Gasteiger partial charge is 0.490 e. The summed E-state index contributed by atoms with van der Waals surface area (Å²) in [4.78, 5) is 24.5. The minimum atomic E-state index is -1.17. The maximum Gasteiger partial charge on any atom is 0.337 e. The SMILES string of the molecule is CCOc1cc([C@@H]2NC(=O)NC(C)=C2C(=O)OC)ccc1OC[C@H](O)N/N=C\c1cc(I)c(OCC#N)c(OCC)c1. The first-order valence-corrected chi connectivity index (χ1v) is 14.0. The van der Waals surface area contributed by atoms with Crippen molar-refractivity contribution in [3.8, 4) is 29.1 Å². The van der Waals surface area contributed by atoms with E-state index in [0.717, 1.165) is 3.57 Å². The molecule has 2 aromatic carbocycles. The highest BCUT2D eigenvalue weighted by Crippen LogP contribution is 2.35. The Bertz CT molecular complexity index is 1390. The Morgan fingerprint density at radius 3 is 2.60 bits per heavy atom. The van der Waals surface area contributed by atoms with Gasteiger partial charge in [-0.1, -0.05) is 6.07 Å². The lowest BCUT2D eigenvalue weighted by Crippen LogP contribution is -2.45. The van der Waals surface area contributed by atoms with E-state index in [-0.39, 0.29) is 18.8 Å². The number of aliphatic hydroxyl groups excluding tert-OH is 1. The molecule has 0 radical (unpaired) electrons. The van der Waals surface area contributed by atoms with Gasteiger partial charge in [0.25, 0.3) is 0 Å². The lowest BCUT2D eigenvalue weighted by Gasteiger charge is -2.28. The summed E-state index contributed by atoms with van der Waals surface area (Å²) in [5.74, 6) is 1.08. The van der Waals surface area contributed by atoms with E-state index in [1.807, 2.05) is 13.0 Å². The minimum absolute atomic E-state index is 0.106. The first-order chi connectivity index (χ1) is 20.2. The standard InChI is InChI=1S/C28H32IN5O8/c1-5-39-21-13-18(25-24(27(36)38-4)16(3)32-28(37)33-25)7-8-20(21)42-15-23(35)34-31-14-17-11-19(29)26(41-10-9-30)22(12-17)40-6-2/h7-8,11-14,23,25,34-35H,5-6,10,15H2,1-4H3,(H2,32,33,37)/b31-14-/t23-,25-/m0/s1. The maximum absolute atomic E-state index is 12.4. The molecule has 0 bridgehead atoms. The van der Waals surface area contributed by atoms with Crippen LogP contribution in [0.4, 0.5) is 4.79 Å². The Labute approximate surface area is 256 Å². The lowest BCUT2D eigenvalue weighted by atomic mass is 9.95. The molecule has 224 valence electrons. The van der Waals surface area contributed by atoms with Crippen LogP contribution in [0.3, 0.4) is 0 Å². The summed E-state index contributed by atoms with van der Waals surface area (Å²) < 4.78 is 28.3. The van der Waals surface area contributed by atoms with Crippen molar-refractivity contribution in [2.75, 3.05) is 33.5 Å². The van der Waals surface area contributed by atoms with Crippen LogP contribution in [0, 0.1) is 14.9 Å². The number of halogens is 1. The van der Waals surface area contributed by atoms with Crippen LogP contribution < -0.4 is 35.0 Å². The molecule has 0 spiro atoms. The number of allylic oxidation sites excluding steroid dienone is 1.